The molecule has 1 saturated heterocycles. The summed E-state index contributed by atoms with van der Waals surface area (Å²) in [5.41, 5.74) is 1.44. The molecule has 5 heteroatoms. The molecule has 4 nitrogen and oxygen atoms in total. The Labute approximate surface area is 172 Å². The Morgan fingerprint density at radius 2 is 1.72 bits per heavy atom. The summed E-state index contributed by atoms with van der Waals surface area (Å²) in [5, 5.41) is 0. The Hall–Kier alpha value is -2.56. The van der Waals surface area contributed by atoms with Crippen molar-refractivity contribution in [3.05, 3.63) is 59.9 Å². The number of hydrogen-bond acceptors (Lipinski definition) is 3. The monoisotopic (exact) mass is 396 g/mol. The van der Waals surface area contributed by atoms with Crippen LogP contribution in [0, 0.1) is 5.82 Å². The minimum Gasteiger partial charge on any atom is -0.497 e. The van der Waals surface area contributed by atoms with Crippen LogP contribution in [-0.2, 0) is 10.2 Å². The Morgan fingerprint density at radius 3 is 2.41 bits per heavy atom. The molecule has 2 aliphatic rings. The van der Waals surface area contributed by atoms with E-state index in [1.165, 1.54) is 6.07 Å². The molecule has 1 heterocycles. The van der Waals surface area contributed by atoms with Gasteiger partial charge in [-0.3, -0.25) is 4.79 Å². The lowest BCUT2D eigenvalue weighted by Crippen LogP contribution is -2.47. The largest absolute Gasteiger partial charge is 0.497 e. The van der Waals surface area contributed by atoms with Gasteiger partial charge in [0.1, 0.15) is 11.6 Å². The highest BCUT2D eigenvalue weighted by atomic mass is 19.1. The van der Waals surface area contributed by atoms with E-state index in [-0.39, 0.29) is 11.7 Å². The van der Waals surface area contributed by atoms with E-state index < -0.39 is 5.41 Å². The van der Waals surface area contributed by atoms with Crippen molar-refractivity contribution in [2.75, 3.05) is 38.2 Å². The molecular formula is C24H29FN2O2. The van der Waals surface area contributed by atoms with Crippen LogP contribution in [0.4, 0.5) is 10.1 Å². The number of nitrogens with zero attached hydrogens (tertiary/aromatic N) is 2. The average Bonchev–Trinajstić information content (AvgIpc) is 3.13. The van der Waals surface area contributed by atoms with Crippen molar-refractivity contribution >= 4 is 11.6 Å². The van der Waals surface area contributed by atoms with Crippen molar-refractivity contribution in [3.8, 4) is 5.75 Å². The normalized spacial score (nSPS) is 19.1. The first kappa shape index (κ1) is 19.7. The van der Waals surface area contributed by atoms with Gasteiger partial charge in [-0.1, -0.05) is 25.0 Å². The van der Waals surface area contributed by atoms with Crippen LogP contribution >= 0.6 is 0 Å². The molecule has 4 rings (SSSR count). The van der Waals surface area contributed by atoms with Crippen molar-refractivity contribution in [3.63, 3.8) is 0 Å². The molecule has 2 aromatic carbocycles. The third-order valence-electron chi connectivity index (χ3n) is 6.46. The molecule has 2 fully saturated rings. The molecule has 2 aromatic rings. The van der Waals surface area contributed by atoms with Crippen LogP contribution in [0.3, 0.4) is 0 Å². The maximum absolute atomic E-state index is 13.9. The van der Waals surface area contributed by atoms with Gasteiger partial charge in [0.25, 0.3) is 0 Å². The van der Waals surface area contributed by atoms with Crippen molar-refractivity contribution in [2.45, 2.75) is 37.5 Å². The fraction of sp³-hybridized carbons (Fsp3) is 0.458. The van der Waals surface area contributed by atoms with E-state index in [1.54, 1.807) is 19.2 Å². The molecule has 0 spiro atoms. The number of anilines is 1. The number of rotatable bonds is 4. The summed E-state index contributed by atoms with van der Waals surface area (Å²) in [6.45, 7) is 3.17. The summed E-state index contributed by atoms with van der Waals surface area (Å²) in [5.74, 6) is 0.763. The summed E-state index contributed by atoms with van der Waals surface area (Å²) >= 11 is 0. The molecule has 1 saturated carbocycles. The van der Waals surface area contributed by atoms with Gasteiger partial charge in [-0.25, -0.2) is 4.39 Å². The van der Waals surface area contributed by atoms with Crippen molar-refractivity contribution in [2.24, 2.45) is 0 Å². The minimum absolute atomic E-state index is 0.178. The predicted molar refractivity (Wildman–Crippen MR) is 113 cm³/mol. The quantitative estimate of drug-likeness (QED) is 0.769. The molecule has 1 aliphatic heterocycles. The van der Waals surface area contributed by atoms with E-state index in [4.69, 9.17) is 4.74 Å². The van der Waals surface area contributed by atoms with Crippen LogP contribution in [0.2, 0.25) is 0 Å². The van der Waals surface area contributed by atoms with Crippen molar-refractivity contribution in [1.82, 2.24) is 4.90 Å². The van der Waals surface area contributed by atoms with Gasteiger partial charge in [0.2, 0.25) is 5.91 Å². The number of hydrogen-bond donors (Lipinski definition) is 0. The first-order valence-corrected chi connectivity index (χ1v) is 10.6. The van der Waals surface area contributed by atoms with E-state index in [0.717, 1.165) is 68.7 Å². The maximum Gasteiger partial charge on any atom is 0.233 e. The Bertz CT molecular complexity index is 846. The average molecular weight is 397 g/mol. The van der Waals surface area contributed by atoms with Gasteiger partial charge in [0.15, 0.2) is 0 Å². The first-order chi connectivity index (χ1) is 14.1. The van der Waals surface area contributed by atoms with Crippen LogP contribution in [0.25, 0.3) is 0 Å². The lowest BCUT2D eigenvalue weighted by Gasteiger charge is -2.34. The van der Waals surface area contributed by atoms with E-state index in [0.29, 0.717) is 6.54 Å². The Balaban J connectivity index is 1.51. The fourth-order valence-corrected chi connectivity index (χ4v) is 4.87. The van der Waals surface area contributed by atoms with Gasteiger partial charge in [0.05, 0.1) is 12.5 Å². The lowest BCUT2D eigenvalue weighted by atomic mass is 9.77. The maximum atomic E-state index is 13.9. The minimum atomic E-state index is -0.558. The molecule has 1 aliphatic carbocycles. The molecule has 0 unspecified atom stereocenters. The number of carbonyl (C=O) groups is 1. The second-order valence-corrected chi connectivity index (χ2v) is 8.13. The standard InChI is InChI=1S/C24H29FN2O2/c1-29-22-10-8-21(9-11-22)26-14-5-15-27(17-16-26)23(28)24(12-2-3-13-24)19-6-4-7-20(25)18-19/h4,6-11,18H,2-3,5,12-17H2,1H3. The smallest absolute Gasteiger partial charge is 0.233 e. The van der Waals surface area contributed by atoms with Gasteiger partial charge >= 0.3 is 0 Å². The van der Waals surface area contributed by atoms with Gasteiger partial charge in [0, 0.05) is 31.9 Å². The number of ether oxygens (including phenoxy) is 1. The number of carbonyl (C=O) groups excluding carboxylic acids is 1. The summed E-state index contributed by atoms with van der Waals surface area (Å²) in [7, 11) is 1.67. The van der Waals surface area contributed by atoms with Crippen LogP contribution < -0.4 is 9.64 Å². The molecule has 0 aromatic heterocycles. The van der Waals surface area contributed by atoms with Crippen LogP contribution in [0.5, 0.6) is 5.75 Å². The number of amides is 1. The molecule has 1 amide bonds. The van der Waals surface area contributed by atoms with E-state index in [1.807, 2.05) is 23.1 Å². The lowest BCUT2D eigenvalue weighted by molar-refractivity contribution is -0.137. The van der Waals surface area contributed by atoms with Gasteiger partial charge < -0.3 is 14.5 Å². The molecule has 0 atom stereocenters. The highest BCUT2D eigenvalue weighted by Crippen LogP contribution is 2.43. The molecule has 0 N–H and O–H groups in total. The number of methoxy groups -OCH3 is 1. The molecule has 29 heavy (non-hydrogen) atoms. The van der Waals surface area contributed by atoms with Crippen LogP contribution in [-0.4, -0.2) is 44.1 Å². The van der Waals surface area contributed by atoms with E-state index >= 15 is 0 Å². The van der Waals surface area contributed by atoms with Crippen LogP contribution in [0.1, 0.15) is 37.7 Å². The molecule has 0 radical (unpaired) electrons. The zero-order valence-corrected chi connectivity index (χ0v) is 17.1. The second-order valence-electron chi connectivity index (χ2n) is 8.13. The van der Waals surface area contributed by atoms with Crippen molar-refractivity contribution in [1.29, 1.82) is 0 Å². The Morgan fingerprint density at radius 1 is 0.966 bits per heavy atom. The van der Waals surface area contributed by atoms with Gasteiger partial charge in [-0.05, 0) is 61.2 Å². The zero-order valence-electron chi connectivity index (χ0n) is 17.1. The molecule has 154 valence electrons. The molecule has 0 bridgehead atoms. The second kappa shape index (κ2) is 8.44. The molecular weight excluding hydrogens is 367 g/mol. The van der Waals surface area contributed by atoms with E-state index in [9.17, 15) is 9.18 Å². The van der Waals surface area contributed by atoms with E-state index in [2.05, 4.69) is 17.0 Å². The summed E-state index contributed by atoms with van der Waals surface area (Å²) in [4.78, 5) is 18.0. The predicted octanol–water partition coefficient (Wildman–Crippen LogP) is 4.39. The summed E-state index contributed by atoms with van der Waals surface area (Å²) in [6, 6.07) is 14.8. The third-order valence-corrected chi connectivity index (χ3v) is 6.46. The topological polar surface area (TPSA) is 32.8 Å². The Kier molecular flexibility index (Phi) is 5.74. The van der Waals surface area contributed by atoms with Gasteiger partial charge in [-0.2, -0.15) is 0 Å². The highest BCUT2D eigenvalue weighted by Gasteiger charge is 2.45. The van der Waals surface area contributed by atoms with Crippen molar-refractivity contribution < 1.29 is 13.9 Å². The highest BCUT2D eigenvalue weighted by molar-refractivity contribution is 5.88. The van der Waals surface area contributed by atoms with Crippen LogP contribution in [0.15, 0.2) is 48.5 Å². The van der Waals surface area contributed by atoms with Gasteiger partial charge in [-0.15, -0.1) is 0 Å². The summed E-state index contributed by atoms with van der Waals surface area (Å²) < 4.78 is 19.2. The number of benzene rings is 2. The SMILES string of the molecule is COc1ccc(N2CCCN(C(=O)C3(c4cccc(F)c4)CCCC3)CC2)cc1. The third kappa shape index (κ3) is 3.96. The number of halogens is 1. The fourth-order valence-electron chi connectivity index (χ4n) is 4.87. The zero-order chi connectivity index (χ0) is 20.3. The first-order valence-electron chi connectivity index (χ1n) is 10.6. The summed E-state index contributed by atoms with van der Waals surface area (Å²) in [6.07, 6.45) is 4.60.